The largest absolute Gasteiger partial charge is 0.493 e. The number of rotatable bonds is 5. The molecule has 0 spiro atoms. The highest BCUT2D eigenvalue weighted by Crippen LogP contribution is 2.28. The third-order valence-electron chi connectivity index (χ3n) is 3.55. The molecule has 0 saturated heterocycles. The monoisotopic (exact) mass is 282 g/mol. The van der Waals surface area contributed by atoms with Crippen LogP contribution in [0.5, 0.6) is 11.5 Å². The number of ketones is 1. The molecular weight excluding hydrogens is 264 g/mol. The molecule has 0 amide bonds. The van der Waals surface area contributed by atoms with Crippen LogP contribution in [0.4, 0.5) is 0 Å². The lowest BCUT2D eigenvalue weighted by Crippen LogP contribution is -2.06. The Kier molecular flexibility index (Phi) is 3.91. The summed E-state index contributed by atoms with van der Waals surface area (Å²) in [7, 11) is 0. The Morgan fingerprint density at radius 1 is 1.24 bits per heavy atom. The number of para-hydroxylation sites is 1. The van der Waals surface area contributed by atoms with E-state index in [2.05, 4.69) is 0 Å². The van der Waals surface area contributed by atoms with Crippen LogP contribution in [0.3, 0.4) is 0 Å². The Morgan fingerprint density at radius 3 is 2.95 bits per heavy atom. The van der Waals surface area contributed by atoms with Crippen LogP contribution < -0.4 is 9.47 Å². The molecule has 0 radical (unpaired) electrons. The third-order valence-corrected chi connectivity index (χ3v) is 3.55. The zero-order chi connectivity index (χ0) is 14.7. The van der Waals surface area contributed by atoms with Gasteiger partial charge in [0.05, 0.1) is 18.8 Å². The van der Waals surface area contributed by atoms with Crippen molar-refractivity contribution in [3.63, 3.8) is 0 Å². The normalized spacial score (nSPS) is 12.6. The molecule has 0 saturated carbocycles. The predicted octanol–water partition coefficient (Wildman–Crippen LogP) is 3.64. The van der Waals surface area contributed by atoms with Crippen molar-refractivity contribution < 1.29 is 14.3 Å². The number of hydrogen-bond acceptors (Lipinski definition) is 3. The average Bonchev–Trinajstić information content (AvgIpc) is 3.00. The molecule has 0 bridgehead atoms. The Morgan fingerprint density at radius 2 is 2.10 bits per heavy atom. The van der Waals surface area contributed by atoms with Crippen molar-refractivity contribution in [3.8, 4) is 11.5 Å². The van der Waals surface area contributed by atoms with Crippen molar-refractivity contribution in [1.29, 1.82) is 0 Å². The molecule has 0 atom stereocenters. The quantitative estimate of drug-likeness (QED) is 0.785. The Labute approximate surface area is 124 Å². The molecular formula is C18H18O3. The summed E-state index contributed by atoms with van der Waals surface area (Å²) in [5.74, 6) is 1.54. The van der Waals surface area contributed by atoms with Gasteiger partial charge in [-0.3, -0.25) is 4.79 Å². The minimum Gasteiger partial charge on any atom is -0.493 e. The fraction of sp³-hybridized carbons (Fsp3) is 0.278. The smallest absolute Gasteiger partial charge is 0.196 e. The molecule has 1 aliphatic rings. The van der Waals surface area contributed by atoms with Gasteiger partial charge in [0.2, 0.25) is 0 Å². The summed E-state index contributed by atoms with van der Waals surface area (Å²) < 4.78 is 11.2. The van der Waals surface area contributed by atoms with Crippen LogP contribution in [0.25, 0.3) is 0 Å². The second-order valence-corrected chi connectivity index (χ2v) is 5.09. The van der Waals surface area contributed by atoms with Gasteiger partial charge < -0.3 is 9.47 Å². The molecule has 1 aliphatic heterocycles. The molecule has 21 heavy (non-hydrogen) atoms. The summed E-state index contributed by atoms with van der Waals surface area (Å²) in [4.78, 5) is 12.7. The van der Waals surface area contributed by atoms with Gasteiger partial charge in [-0.2, -0.15) is 0 Å². The van der Waals surface area contributed by atoms with E-state index in [-0.39, 0.29) is 5.78 Å². The van der Waals surface area contributed by atoms with Gasteiger partial charge in [-0.1, -0.05) is 19.1 Å². The average molecular weight is 282 g/mol. The zero-order valence-corrected chi connectivity index (χ0v) is 12.1. The van der Waals surface area contributed by atoms with Gasteiger partial charge in [0.25, 0.3) is 0 Å². The number of fused-ring (bicyclic) bond motifs is 1. The summed E-state index contributed by atoms with van der Waals surface area (Å²) >= 11 is 0. The maximum absolute atomic E-state index is 12.7. The molecule has 2 aromatic rings. The van der Waals surface area contributed by atoms with E-state index in [9.17, 15) is 4.79 Å². The SMILES string of the molecule is CCCOc1ccccc1C(=O)c1ccc2c(c1)CCO2. The van der Waals surface area contributed by atoms with Crippen molar-refractivity contribution in [3.05, 3.63) is 59.2 Å². The standard InChI is InChI=1S/C18H18O3/c1-2-10-20-17-6-4-3-5-15(17)18(19)14-7-8-16-13(12-14)9-11-21-16/h3-8,12H,2,9-11H2,1H3. The molecule has 0 fully saturated rings. The molecule has 108 valence electrons. The van der Waals surface area contributed by atoms with Crippen LogP contribution in [-0.2, 0) is 6.42 Å². The topological polar surface area (TPSA) is 35.5 Å². The first kappa shape index (κ1) is 13.7. The van der Waals surface area contributed by atoms with Gasteiger partial charge in [0.1, 0.15) is 11.5 Å². The number of carbonyl (C=O) groups excluding carboxylic acids is 1. The lowest BCUT2D eigenvalue weighted by atomic mass is 10.00. The second-order valence-electron chi connectivity index (χ2n) is 5.09. The van der Waals surface area contributed by atoms with Gasteiger partial charge in [-0.15, -0.1) is 0 Å². The second kappa shape index (κ2) is 6.00. The van der Waals surface area contributed by atoms with E-state index in [1.54, 1.807) is 0 Å². The van der Waals surface area contributed by atoms with E-state index in [1.807, 2.05) is 49.4 Å². The van der Waals surface area contributed by atoms with Crippen LogP contribution in [0, 0.1) is 0 Å². The van der Waals surface area contributed by atoms with Crippen molar-refractivity contribution in [1.82, 2.24) is 0 Å². The highest BCUT2D eigenvalue weighted by atomic mass is 16.5. The van der Waals surface area contributed by atoms with E-state index >= 15 is 0 Å². The van der Waals surface area contributed by atoms with E-state index in [0.717, 1.165) is 24.2 Å². The summed E-state index contributed by atoms with van der Waals surface area (Å²) in [6, 6.07) is 13.0. The van der Waals surface area contributed by atoms with Crippen LogP contribution in [0.15, 0.2) is 42.5 Å². The Balaban J connectivity index is 1.91. The lowest BCUT2D eigenvalue weighted by molar-refractivity contribution is 0.103. The molecule has 3 heteroatoms. The molecule has 3 nitrogen and oxygen atoms in total. The van der Waals surface area contributed by atoms with Crippen LogP contribution in [0.1, 0.15) is 34.8 Å². The Bertz CT molecular complexity index is 661. The molecule has 0 unspecified atom stereocenters. The summed E-state index contributed by atoms with van der Waals surface area (Å²) in [5, 5.41) is 0. The van der Waals surface area contributed by atoms with Crippen molar-refractivity contribution in [2.75, 3.05) is 13.2 Å². The van der Waals surface area contributed by atoms with Crippen LogP contribution in [0.2, 0.25) is 0 Å². The maximum Gasteiger partial charge on any atom is 0.196 e. The lowest BCUT2D eigenvalue weighted by Gasteiger charge is -2.10. The molecule has 1 heterocycles. The van der Waals surface area contributed by atoms with E-state index in [1.165, 1.54) is 0 Å². The number of ether oxygens (including phenoxy) is 2. The first-order valence-electron chi connectivity index (χ1n) is 7.32. The minimum absolute atomic E-state index is 0.00333. The van der Waals surface area contributed by atoms with Gasteiger partial charge in [-0.25, -0.2) is 0 Å². The first-order chi connectivity index (χ1) is 10.3. The maximum atomic E-state index is 12.7. The summed E-state index contributed by atoms with van der Waals surface area (Å²) in [6.45, 7) is 3.36. The van der Waals surface area contributed by atoms with E-state index < -0.39 is 0 Å². The van der Waals surface area contributed by atoms with Gasteiger partial charge in [0.15, 0.2) is 5.78 Å². The Hall–Kier alpha value is -2.29. The summed E-state index contributed by atoms with van der Waals surface area (Å²) in [5.41, 5.74) is 2.41. The van der Waals surface area contributed by atoms with Crippen LogP contribution in [-0.4, -0.2) is 19.0 Å². The third kappa shape index (κ3) is 2.77. The van der Waals surface area contributed by atoms with Gasteiger partial charge in [-0.05, 0) is 42.3 Å². The van der Waals surface area contributed by atoms with Crippen LogP contribution >= 0.6 is 0 Å². The zero-order valence-electron chi connectivity index (χ0n) is 12.1. The van der Waals surface area contributed by atoms with Crippen molar-refractivity contribution in [2.24, 2.45) is 0 Å². The van der Waals surface area contributed by atoms with Crippen molar-refractivity contribution in [2.45, 2.75) is 19.8 Å². The fourth-order valence-electron chi connectivity index (χ4n) is 2.48. The number of hydrogen-bond donors (Lipinski definition) is 0. The highest BCUT2D eigenvalue weighted by Gasteiger charge is 2.18. The first-order valence-corrected chi connectivity index (χ1v) is 7.32. The van der Waals surface area contributed by atoms with Crippen molar-refractivity contribution >= 4 is 5.78 Å². The molecule has 3 rings (SSSR count). The fourth-order valence-corrected chi connectivity index (χ4v) is 2.48. The van der Waals surface area contributed by atoms with Gasteiger partial charge in [0, 0.05) is 12.0 Å². The molecule has 0 N–H and O–H groups in total. The molecule has 0 aliphatic carbocycles. The van der Waals surface area contributed by atoms with Gasteiger partial charge >= 0.3 is 0 Å². The van der Waals surface area contributed by atoms with E-state index in [4.69, 9.17) is 9.47 Å². The predicted molar refractivity (Wildman–Crippen MR) is 81.3 cm³/mol. The highest BCUT2D eigenvalue weighted by molar-refractivity contribution is 6.10. The minimum atomic E-state index is -0.00333. The molecule has 2 aromatic carbocycles. The number of benzene rings is 2. The van der Waals surface area contributed by atoms with E-state index in [0.29, 0.717) is 30.1 Å². The molecule has 0 aromatic heterocycles. The number of carbonyl (C=O) groups is 1. The summed E-state index contributed by atoms with van der Waals surface area (Å²) in [6.07, 6.45) is 1.78.